The van der Waals surface area contributed by atoms with Crippen LogP contribution in [0.4, 0.5) is 4.39 Å². The molecule has 0 amide bonds. The van der Waals surface area contributed by atoms with Gasteiger partial charge in [0, 0.05) is 5.75 Å². The fraction of sp³-hybridized carbons (Fsp3) is 0.200. The molecule has 1 heterocycles. The summed E-state index contributed by atoms with van der Waals surface area (Å²) in [5.74, 6) is 0.659. The molecule has 7 heteroatoms. The summed E-state index contributed by atoms with van der Waals surface area (Å²) in [5.41, 5.74) is 6.19. The molecule has 0 aliphatic rings. The average Bonchev–Trinajstić information content (AvgIpc) is 2.79. The number of nitrogens with zero attached hydrogens (tertiary/aromatic N) is 2. The summed E-state index contributed by atoms with van der Waals surface area (Å²) in [6.45, 7) is 0.219. The van der Waals surface area contributed by atoms with E-state index in [0.29, 0.717) is 21.3 Å². The Labute approximate surface area is 110 Å². The summed E-state index contributed by atoms with van der Waals surface area (Å²) in [6, 6.07) is 4.90. The summed E-state index contributed by atoms with van der Waals surface area (Å²) in [7, 11) is 0. The molecule has 1 aromatic carbocycles. The molecule has 0 spiro atoms. The lowest BCUT2D eigenvalue weighted by Crippen LogP contribution is -1.95. The maximum Gasteiger partial charge on any atom is 0.276 e. The van der Waals surface area contributed by atoms with Crippen molar-refractivity contribution in [2.45, 2.75) is 17.5 Å². The van der Waals surface area contributed by atoms with Crippen LogP contribution in [0.3, 0.4) is 0 Å². The second-order valence-electron chi connectivity index (χ2n) is 3.17. The Morgan fingerprint density at radius 1 is 1.41 bits per heavy atom. The van der Waals surface area contributed by atoms with Gasteiger partial charge in [0.1, 0.15) is 5.82 Å². The number of benzene rings is 1. The van der Waals surface area contributed by atoms with E-state index in [9.17, 15) is 4.39 Å². The lowest BCUT2D eigenvalue weighted by atomic mass is 10.2. The second kappa shape index (κ2) is 5.61. The van der Waals surface area contributed by atoms with Gasteiger partial charge in [0.25, 0.3) is 5.22 Å². The zero-order chi connectivity index (χ0) is 12.3. The van der Waals surface area contributed by atoms with Crippen molar-refractivity contribution in [2.75, 3.05) is 0 Å². The molecule has 2 N–H and O–H groups in total. The van der Waals surface area contributed by atoms with Gasteiger partial charge < -0.3 is 10.2 Å². The maximum atomic E-state index is 13.2. The summed E-state index contributed by atoms with van der Waals surface area (Å²) in [4.78, 5) is 0. The summed E-state index contributed by atoms with van der Waals surface area (Å²) >= 11 is 4.54. The van der Waals surface area contributed by atoms with Crippen molar-refractivity contribution in [3.05, 3.63) is 39.9 Å². The number of rotatable bonds is 4. The molecule has 1 aromatic heterocycles. The van der Waals surface area contributed by atoms with E-state index in [1.54, 1.807) is 6.07 Å². The Kier molecular flexibility index (Phi) is 4.14. The topological polar surface area (TPSA) is 64.9 Å². The van der Waals surface area contributed by atoms with E-state index < -0.39 is 0 Å². The van der Waals surface area contributed by atoms with Gasteiger partial charge in [-0.15, -0.1) is 10.2 Å². The van der Waals surface area contributed by atoms with Gasteiger partial charge in [0.2, 0.25) is 5.89 Å². The summed E-state index contributed by atoms with van der Waals surface area (Å²) in [6.07, 6.45) is 0. The number of hydrogen-bond donors (Lipinski definition) is 1. The number of halogens is 2. The molecular formula is C10H9BrFN3OS. The van der Waals surface area contributed by atoms with Gasteiger partial charge in [-0.25, -0.2) is 4.39 Å². The van der Waals surface area contributed by atoms with Crippen molar-refractivity contribution in [3.8, 4) is 0 Å². The number of aromatic nitrogens is 2. The predicted octanol–water partition coefficient (Wildman–Crippen LogP) is 2.72. The third kappa shape index (κ3) is 3.05. The third-order valence-electron chi connectivity index (χ3n) is 2.01. The third-order valence-corrected chi connectivity index (χ3v) is 3.76. The van der Waals surface area contributed by atoms with Gasteiger partial charge in [0.05, 0.1) is 11.0 Å². The van der Waals surface area contributed by atoms with Crippen molar-refractivity contribution in [1.29, 1.82) is 0 Å². The minimum Gasteiger partial charge on any atom is -0.415 e. The van der Waals surface area contributed by atoms with Crippen LogP contribution in [-0.2, 0) is 12.3 Å². The molecule has 0 bridgehead atoms. The van der Waals surface area contributed by atoms with Crippen LogP contribution in [0.15, 0.2) is 32.3 Å². The molecule has 2 aromatic rings. The van der Waals surface area contributed by atoms with Gasteiger partial charge in [-0.1, -0.05) is 23.9 Å². The molecule has 17 heavy (non-hydrogen) atoms. The first kappa shape index (κ1) is 12.5. The van der Waals surface area contributed by atoms with Crippen LogP contribution in [0.25, 0.3) is 0 Å². The highest BCUT2D eigenvalue weighted by Gasteiger charge is 2.09. The molecule has 0 radical (unpaired) electrons. The molecule has 0 saturated carbocycles. The standard InChI is InChI=1S/C10H9BrFN3OS/c11-9-6(2-1-3-7(9)12)5-17-10-15-14-8(4-13)16-10/h1-3H,4-5,13H2. The molecule has 0 aliphatic heterocycles. The van der Waals surface area contributed by atoms with Crippen molar-refractivity contribution in [2.24, 2.45) is 5.73 Å². The highest BCUT2D eigenvalue weighted by molar-refractivity contribution is 9.10. The van der Waals surface area contributed by atoms with E-state index in [0.717, 1.165) is 5.56 Å². The van der Waals surface area contributed by atoms with E-state index in [2.05, 4.69) is 26.1 Å². The Bertz CT molecular complexity index is 520. The van der Waals surface area contributed by atoms with Gasteiger partial charge in [-0.05, 0) is 27.6 Å². The van der Waals surface area contributed by atoms with Crippen molar-refractivity contribution in [3.63, 3.8) is 0 Å². The lowest BCUT2D eigenvalue weighted by molar-refractivity contribution is 0.414. The lowest BCUT2D eigenvalue weighted by Gasteiger charge is -2.02. The number of nitrogens with two attached hydrogens (primary N) is 1. The average molecular weight is 318 g/mol. The van der Waals surface area contributed by atoms with E-state index >= 15 is 0 Å². The van der Waals surface area contributed by atoms with Crippen LogP contribution in [0.2, 0.25) is 0 Å². The van der Waals surface area contributed by atoms with Crippen molar-refractivity contribution in [1.82, 2.24) is 10.2 Å². The molecule has 0 unspecified atom stereocenters. The number of hydrogen-bond acceptors (Lipinski definition) is 5. The van der Waals surface area contributed by atoms with E-state index in [1.807, 2.05) is 6.07 Å². The minimum atomic E-state index is -0.281. The molecule has 90 valence electrons. The molecule has 0 fully saturated rings. The predicted molar refractivity (Wildman–Crippen MR) is 65.9 cm³/mol. The van der Waals surface area contributed by atoms with Crippen LogP contribution < -0.4 is 5.73 Å². The Balaban J connectivity index is 2.04. The van der Waals surface area contributed by atoms with Crippen molar-refractivity contribution >= 4 is 27.7 Å². The zero-order valence-electron chi connectivity index (χ0n) is 8.69. The Morgan fingerprint density at radius 3 is 2.94 bits per heavy atom. The highest BCUT2D eigenvalue weighted by Crippen LogP contribution is 2.27. The quantitative estimate of drug-likeness (QED) is 0.878. The fourth-order valence-corrected chi connectivity index (χ4v) is 2.54. The Hall–Kier alpha value is -0.920. The van der Waals surface area contributed by atoms with Crippen molar-refractivity contribution < 1.29 is 8.81 Å². The van der Waals surface area contributed by atoms with Crippen LogP contribution in [0.1, 0.15) is 11.5 Å². The first-order valence-electron chi connectivity index (χ1n) is 4.79. The first-order chi connectivity index (χ1) is 8.20. The molecule has 0 saturated heterocycles. The van der Waals surface area contributed by atoms with Crippen LogP contribution >= 0.6 is 27.7 Å². The summed E-state index contributed by atoms with van der Waals surface area (Å²) in [5, 5.41) is 7.98. The first-order valence-corrected chi connectivity index (χ1v) is 6.56. The maximum absolute atomic E-state index is 13.2. The molecule has 4 nitrogen and oxygen atoms in total. The monoisotopic (exact) mass is 317 g/mol. The zero-order valence-corrected chi connectivity index (χ0v) is 11.1. The highest BCUT2D eigenvalue weighted by atomic mass is 79.9. The largest absolute Gasteiger partial charge is 0.415 e. The summed E-state index contributed by atoms with van der Waals surface area (Å²) < 4.78 is 18.9. The van der Waals surface area contributed by atoms with Crippen LogP contribution in [0.5, 0.6) is 0 Å². The molecule has 0 atom stereocenters. The normalized spacial score (nSPS) is 10.8. The Morgan fingerprint density at radius 2 is 2.24 bits per heavy atom. The fourth-order valence-electron chi connectivity index (χ4n) is 1.18. The van der Waals surface area contributed by atoms with Gasteiger partial charge in [0.15, 0.2) is 0 Å². The van der Waals surface area contributed by atoms with Crippen LogP contribution in [-0.4, -0.2) is 10.2 Å². The smallest absolute Gasteiger partial charge is 0.276 e. The minimum absolute atomic E-state index is 0.219. The second-order valence-corrected chi connectivity index (χ2v) is 4.89. The van der Waals surface area contributed by atoms with Gasteiger partial charge in [-0.3, -0.25) is 0 Å². The van der Waals surface area contributed by atoms with E-state index in [-0.39, 0.29) is 12.4 Å². The SMILES string of the molecule is NCc1nnc(SCc2cccc(F)c2Br)o1. The van der Waals surface area contributed by atoms with Gasteiger partial charge in [-0.2, -0.15) is 0 Å². The van der Waals surface area contributed by atoms with Crippen LogP contribution in [0, 0.1) is 5.82 Å². The number of thioether (sulfide) groups is 1. The van der Waals surface area contributed by atoms with Gasteiger partial charge >= 0.3 is 0 Å². The molecule has 2 rings (SSSR count). The molecular weight excluding hydrogens is 309 g/mol. The molecule has 0 aliphatic carbocycles. The van der Waals surface area contributed by atoms with E-state index in [4.69, 9.17) is 10.2 Å². The van der Waals surface area contributed by atoms with E-state index in [1.165, 1.54) is 17.8 Å².